The minimum absolute atomic E-state index is 0.00902. The molecule has 0 unspecified atom stereocenters. The molecule has 2 atom stereocenters. The Morgan fingerprint density at radius 1 is 1.18 bits per heavy atom. The van der Waals surface area contributed by atoms with Crippen LogP contribution in [-0.2, 0) is 14.3 Å². The molecular formula is C31H38N8O5. The molecule has 232 valence electrons. The molecule has 1 fully saturated rings. The molecule has 2 amide bonds. The van der Waals surface area contributed by atoms with E-state index in [9.17, 15) is 14.4 Å². The number of nitrogens with two attached hydrogens (primary N) is 1. The number of amides is 2. The maximum absolute atomic E-state index is 12.6. The number of hydrogen-bond acceptors (Lipinski definition) is 10. The zero-order valence-corrected chi connectivity index (χ0v) is 25.1. The van der Waals surface area contributed by atoms with E-state index in [1.807, 2.05) is 36.4 Å². The maximum atomic E-state index is 12.6. The Morgan fingerprint density at radius 3 is 2.80 bits per heavy atom. The summed E-state index contributed by atoms with van der Waals surface area (Å²) in [5.74, 6) is 0.955. The molecule has 0 saturated carbocycles. The Hall–Kier alpha value is -4.94. The van der Waals surface area contributed by atoms with E-state index in [0.717, 1.165) is 47.2 Å². The van der Waals surface area contributed by atoms with Crippen LogP contribution in [0.3, 0.4) is 0 Å². The Kier molecular flexibility index (Phi) is 8.83. The van der Waals surface area contributed by atoms with Crippen molar-refractivity contribution in [3.8, 4) is 5.75 Å². The van der Waals surface area contributed by atoms with E-state index in [1.54, 1.807) is 27.1 Å². The highest BCUT2D eigenvalue weighted by atomic mass is 16.6. The SMILES string of the molecule is CC(C)(C)OC(=O)N[C@](C=O)(CCC(N)=O)CNc1ccc2cccc(OC[C@H]3CCCN3c3ncnc4nc[nH]c34)c2c1. The van der Waals surface area contributed by atoms with Crippen LogP contribution < -0.4 is 26.0 Å². The number of alkyl carbamates (subject to hydrolysis) is 1. The molecule has 1 aliphatic rings. The van der Waals surface area contributed by atoms with Gasteiger partial charge in [0.2, 0.25) is 5.91 Å². The fourth-order valence-electron chi connectivity index (χ4n) is 5.36. The zero-order chi connectivity index (χ0) is 31.3. The lowest BCUT2D eigenvalue weighted by atomic mass is 9.94. The predicted octanol–water partition coefficient (Wildman–Crippen LogP) is 3.69. The summed E-state index contributed by atoms with van der Waals surface area (Å²) in [6, 6.07) is 11.8. The molecule has 1 aliphatic heterocycles. The van der Waals surface area contributed by atoms with Gasteiger partial charge < -0.3 is 40.5 Å². The van der Waals surface area contributed by atoms with Crippen LogP contribution in [0.1, 0.15) is 46.5 Å². The van der Waals surface area contributed by atoms with Gasteiger partial charge in [-0.3, -0.25) is 4.79 Å². The van der Waals surface area contributed by atoms with Crippen molar-refractivity contribution in [1.29, 1.82) is 0 Å². The monoisotopic (exact) mass is 602 g/mol. The molecule has 13 nitrogen and oxygen atoms in total. The number of ether oxygens (including phenoxy) is 2. The number of carbonyl (C=O) groups is 3. The molecule has 0 bridgehead atoms. The van der Waals surface area contributed by atoms with E-state index in [0.29, 0.717) is 24.2 Å². The number of fused-ring (bicyclic) bond motifs is 2. The van der Waals surface area contributed by atoms with Crippen molar-refractivity contribution < 1.29 is 23.9 Å². The second-order valence-corrected chi connectivity index (χ2v) is 12.0. The van der Waals surface area contributed by atoms with Gasteiger partial charge in [-0.2, -0.15) is 0 Å². The Labute approximate surface area is 254 Å². The Morgan fingerprint density at radius 2 is 2.02 bits per heavy atom. The number of nitrogens with zero attached hydrogens (tertiary/aromatic N) is 4. The van der Waals surface area contributed by atoms with Crippen LogP contribution in [0.15, 0.2) is 49.1 Å². The van der Waals surface area contributed by atoms with E-state index in [4.69, 9.17) is 15.2 Å². The van der Waals surface area contributed by atoms with Crippen LogP contribution in [-0.4, -0.2) is 75.1 Å². The van der Waals surface area contributed by atoms with E-state index in [1.165, 1.54) is 6.33 Å². The minimum Gasteiger partial charge on any atom is -0.491 e. The van der Waals surface area contributed by atoms with Crippen LogP contribution in [0.4, 0.5) is 16.3 Å². The summed E-state index contributed by atoms with van der Waals surface area (Å²) in [7, 11) is 0. The van der Waals surface area contributed by atoms with Crippen LogP contribution >= 0.6 is 0 Å². The number of rotatable bonds is 12. The number of aromatic amines is 1. The maximum Gasteiger partial charge on any atom is 0.408 e. The van der Waals surface area contributed by atoms with Gasteiger partial charge in [0.05, 0.1) is 12.4 Å². The first kappa shape index (κ1) is 30.5. The molecule has 3 heterocycles. The van der Waals surface area contributed by atoms with Crippen LogP contribution in [0.25, 0.3) is 21.9 Å². The van der Waals surface area contributed by atoms with Gasteiger partial charge in [0.15, 0.2) is 11.5 Å². The zero-order valence-electron chi connectivity index (χ0n) is 25.1. The highest BCUT2D eigenvalue weighted by molar-refractivity contribution is 5.91. The molecule has 13 heteroatoms. The topological polar surface area (TPSA) is 177 Å². The van der Waals surface area contributed by atoms with Crippen molar-refractivity contribution in [1.82, 2.24) is 25.3 Å². The highest BCUT2D eigenvalue weighted by Gasteiger charge is 2.34. The summed E-state index contributed by atoms with van der Waals surface area (Å²) in [4.78, 5) is 54.9. The summed E-state index contributed by atoms with van der Waals surface area (Å²) < 4.78 is 11.8. The van der Waals surface area contributed by atoms with E-state index >= 15 is 0 Å². The number of imidazole rings is 1. The van der Waals surface area contributed by atoms with Crippen molar-refractivity contribution >= 4 is 51.7 Å². The van der Waals surface area contributed by atoms with Gasteiger partial charge in [0.25, 0.3) is 0 Å². The summed E-state index contributed by atoms with van der Waals surface area (Å²) in [5.41, 5.74) is 5.32. The van der Waals surface area contributed by atoms with Crippen LogP contribution in [0, 0.1) is 0 Å². The molecule has 4 aromatic rings. The van der Waals surface area contributed by atoms with Crippen molar-refractivity contribution in [3.63, 3.8) is 0 Å². The fourth-order valence-corrected chi connectivity index (χ4v) is 5.36. The standard InChI is InChI=1S/C31H38N8O5/c1-30(2,3)44-29(42)38-31(17-40,12-11-25(32)41)16-33-21-10-9-20-6-4-8-24(23(20)14-21)43-15-22-7-5-13-39(22)28-26-27(35-18-34-26)36-19-37-28/h4,6,8-10,14,17-19,22,33H,5,7,11-13,15-16H2,1-3H3,(H2,32,41)(H,38,42)(H,34,35,36,37)/t22-,31-/m1/s1. The summed E-state index contributed by atoms with van der Waals surface area (Å²) in [5, 5.41) is 7.76. The number of anilines is 2. The van der Waals surface area contributed by atoms with Crippen molar-refractivity contribution in [2.45, 2.75) is 63.6 Å². The molecule has 0 aliphatic carbocycles. The largest absolute Gasteiger partial charge is 0.491 e. The molecular weight excluding hydrogens is 564 g/mol. The number of benzene rings is 2. The number of primary amides is 1. The lowest BCUT2D eigenvalue weighted by molar-refractivity contribution is -0.119. The van der Waals surface area contributed by atoms with Crippen LogP contribution in [0.2, 0.25) is 0 Å². The van der Waals surface area contributed by atoms with E-state index in [-0.39, 0.29) is 25.4 Å². The summed E-state index contributed by atoms with van der Waals surface area (Å²) in [6.07, 6.45) is 4.90. The first-order chi connectivity index (χ1) is 21.1. The summed E-state index contributed by atoms with van der Waals surface area (Å²) in [6.45, 7) is 6.50. The third kappa shape index (κ3) is 7.16. The first-order valence-corrected chi connectivity index (χ1v) is 14.6. The second-order valence-electron chi connectivity index (χ2n) is 12.0. The normalized spacial score (nSPS) is 16.4. The minimum atomic E-state index is -1.42. The smallest absolute Gasteiger partial charge is 0.408 e. The van der Waals surface area contributed by atoms with Gasteiger partial charge in [-0.1, -0.05) is 18.2 Å². The number of aromatic nitrogens is 4. The molecule has 0 radical (unpaired) electrons. The van der Waals surface area contributed by atoms with Gasteiger partial charge in [-0.05, 0) is 63.6 Å². The average molecular weight is 603 g/mol. The lowest BCUT2D eigenvalue weighted by Gasteiger charge is -2.31. The second kappa shape index (κ2) is 12.7. The Bertz CT molecular complexity index is 1650. The number of carbonyl (C=O) groups excluding carboxylic acids is 3. The number of nitrogens with one attached hydrogen (secondary N) is 3. The molecule has 2 aromatic carbocycles. The van der Waals surface area contributed by atoms with Gasteiger partial charge in [0, 0.05) is 30.6 Å². The molecule has 44 heavy (non-hydrogen) atoms. The fraction of sp³-hybridized carbons (Fsp3) is 0.419. The average Bonchev–Trinajstić information content (AvgIpc) is 3.66. The van der Waals surface area contributed by atoms with Crippen LogP contribution in [0.5, 0.6) is 5.75 Å². The van der Waals surface area contributed by atoms with E-state index in [2.05, 4.69) is 35.5 Å². The Balaban J connectivity index is 1.32. The van der Waals surface area contributed by atoms with Crippen molar-refractivity contribution in [3.05, 3.63) is 49.1 Å². The molecule has 2 aromatic heterocycles. The van der Waals surface area contributed by atoms with E-state index < -0.39 is 23.1 Å². The van der Waals surface area contributed by atoms with Gasteiger partial charge in [0.1, 0.15) is 41.6 Å². The summed E-state index contributed by atoms with van der Waals surface area (Å²) >= 11 is 0. The first-order valence-electron chi connectivity index (χ1n) is 14.6. The number of hydrogen-bond donors (Lipinski definition) is 4. The third-order valence-electron chi connectivity index (χ3n) is 7.53. The lowest BCUT2D eigenvalue weighted by Crippen LogP contribution is -2.56. The molecule has 5 rings (SSSR count). The van der Waals surface area contributed by atoms with Crippen molar-refractivity contribution in [2.75, 3.05) is 29.9 Å². The molecule has 5 N–H and O–H groups in total. The van der Waals surface area contributed by atoms with Gasteiger partial charge >= 0.3 is 6.09 Å². The highest BCUT2D eigenvalue weighted by Crippen LogP contribution is 2.32. The quantitative estimate of drug-likeness (QED) is 0.175. The number of H-pyrrole nitrogens is 1. The third-order valence-corrected chi connectivity index (χ3v) is 7.53. The van der Waals surface area contributed by atoms with Crippen molar-refractivity contribution in [2.24, 2.45) is 5.73 Å². The molecule has 0 spiro atoms. The molecule has 1 saturated heterocycles. The number of aldehydes is 1. The van der Waals surface area contributed by atoms with Gasteiger partial charge in [-0.25, -0.2) is 19.7 Å². The predicted molar refractivity (Wildman–Crippen MR) is 167 cm³/mol. The van der Waals surface area contributed by atoms with Gasteiger partial charge in [-0.15, -0.1) is 0 Å².